The number of hydrogen-bond acceptors (Lipinski definition) is 5. The summed E-state index contributed by atoms with van der Waals surface area (Å²) >= 11 is 0. The molecule has 2 aliphatic rings. The maximum Gasteiger partial charge on any atom is 0.308 e. The molecule has 0 spiro atoms. The lowest BCUT2D eigenvalue weighted by Gasteiger charge is -2.39. The molecular weight excluding hydrogens is 236 g/mol. The van der Waals surface area contributed by atoms with Gasteiger partial charge in [-0.1, -0.05) is 0 Å². The number of carbonyl (C=O) groups excluding carboxylic acids is 3. The quantitative estimate of drug-likeness (QED) is 0.686. The van der Waals surface area contributed by atoms with E-state index in [1.54, 1.807) is 0 Å². The highest BCUT2D eigenvalue weighted by Crippen LogP contribution is 2.43. The van der Waals surface area contributed by atoms with E-state index in [0.717, 1.165) is 0 Å². The molecule has 0 aromatic heterocycles. The lowest BCUT2D eigenvalue weighted by molar-refractivity contribution is -0.155. The molecule has 0 atom stereocenters. The zero-order valence-electron chi connectivity index (χ0n) is 10.7. The Hall–Kier alpha value is -1.39. The van der Waals surface area contributed by atoms with E-state index >= 15 is 0 Å². The van der Waals surface area contributed by atoms with Crippen LogP contribution in [-0.2, 0) is 23.9 Å². The first-order valence-corrected chi connectivity index (χ1v) is 6.26. The molecule has 18 heavy (non-hydrogen) atoms. The van der Waals surface area contributed by atoms with E-state index in [1.807, 2.05) is 0 Å². The molecule has 0 aliphatic heterocycles. The van der Waals surface area contributed by atoms with Crippen LogP contribution in [0.5, 0.6) is 0 Å². The van der Waals surface area contributed by atoms with Crippen LogP contribution in [0.3, 0.4) is 0 Å². The molecule has 2 bridgehead atoms. The normalized spacial score (nSPS) is 34.9. The number of ether oxygens (including phenoxy) is 2. The fraction of sp³-hybridized carbons (Fsp3) is 0.769. The Balaban J connectivity index is 2.08. The van der Waals surface area contributed by atoms with E-state index in [0.29, 0.717) is 25.7 Å². The van der Waals surface area contributed by atoms with Gasteiger partial charge in [0.1, 0.15) is 5.78 Å². The summed E-state index contributed by atoms with van der Waals surface area (Å²) in [6, 6.07) is 0. The van der Waals surface area contributed by atoms with E-state index in [1.165, 1.54) is 14.2 Å². The third-order valence-corrected chi connectivity index (χ3v) is 4.15. The van der Waals surface area contributed by atoms with Gasteiger partial charge in [-0.2, -0.15) is 0 Å². The molecule has 2 rings (SSSR count). The van der Waals surface area contributed by atoms with Crippen molar-refractivity contribution in [3.63, 3.8) is 0 Å². The smallest absolute Gasteiger partial charge is 0.308 e. The standard InChI is InChI=1S/C13H18O5/c1-17-12(15)9-3-7-5-10(13(16)18-2)6-8(4-9)11(7)14/h7-10H,3-6H2,1-2H3. The van der Waals surface area contributed by atoms with Crippen LogP contribution in [0.25, 0.3) is 0 Å². The second kappa shape index (κ2) is 5.08. The molecule has 100 valence electrons. The molecule has 0 radical (unpaired) electrons. The summed E-state index contributed by atoms with van der Waals surface area (Å²) in [5, 5.41) is 0. The molecule has 0 aromatic rings. The Labute approximate surface area is 106 Å². The number of hydrogen-bond donors (Lipinski definition) is 0. The second-order valence-electron chi connectivity index (χ2n) is 5.18. The van der Waals surface area contributed by atoms with Crippen molar-refractivity contribution in [2.45, 2.75) is 25.7 Å². The molecular formula is C13H18O5. The highest BCUT2D eigenvalue weighted by molar-refractivity contribution is 5.89. The average molecular weight is 254 g/mol. The Morgan fingerprint density at radius 3 is 1.50 bits per heavy atom. The fourth-order valence-electron chi connectivity index (χ4n) is 3.27. The third kappa shape index (κ3) is 2.26. The van der Waals surface area contributed by atoms with E-state index in [-0.39, 0.29) is 41.4 Å². The number of rotatable bonds is 2. The summed E-state index contributed by atoms with van der Waals surface area (Å²) in [6.07, 6.45) is 2.04. The van der Waals surface area contributed by atoms with Crippen LogP contribution in [0.2, 0.25) is 0 Å². The van der Waals surface area contributed by atoms with Crippen molar-refractivity contribution in [2.75, 3.05) is 14.2 Å². The minimum absolute atomic E-state index is 0.189. The molecule has 5 nitrogen and oxygen atoms in total. The monoisotopic (exact) mass is 254 g/mol. The predicted octanol–water partition coefficient (Wildman–Crippen LogP) is 0.954. The maximum atomic E-state index is 12.0. The predicted molar refractivity (Wildman–Crippen MR) is 61.5 cm³/mol. The van der Waals surface area contributed by atoms with Crippen LogP contribution in [0.1, 0.15) is 25.7 Å². The number of carbonyl (C=O) groups is 3. The van der Waals surface area contributed by atoms with Crippen molar-refractivity contribution in [1.29, 1.82) is 0 Å². The molecule has 0 N–H and O–H groups in total. The fourth-order valence-corrected chi connectivity index (χ4v) is 3.27. The first-order chi connectivity index (χ1) is 8.56. The van der Waals surface area contributed by atoms with Crippen molar-refractivity contribution in [3.05, 3.63) is 0 Å². The first kappa shape index (κ1) is 13.1. The maximum absolute atomic E-state index is 12.0. The van der Waals surface area contributed by atoms with Gasteiger partial charge < -0.3 is 9.47 Å². The highest BCUT2D eigenvalue weighted by atomic mass is 16.5. The van der Waals surface area contributed by atoms with Gasteiger partial charge in [0.2, 0.25) is 0 Å². The Morgan fingerprint density at radius 1 is 0.889 bits per heavy atom. The SMILES string of the molecule is COC(=O)C1CC2CC(C(=O)OC)CC(C1)C2=O. The van der Waals surface area contributed by atoms with Crippen molar-refractivity contribution >= 4 is 17.7 Å². The summed E-state index contributed by atoms with van der Waals surface area (Å²) in [7, 11) is 2.73. The first-order valence-electron chi connectivity index (χ1n) is 6.26. The van der Waals surface area contributed by atoms with E-state index in [4.69, 9.17) is 9.47 Å². The number of methoxy groups -OCH3 is 2. The Kier molecular flexibility index (Phi) is 3.68. The van der Waals surface area contributed by atoms with Crippen LogP contribution in [0, 0.1) is 23.7 Å². The lowest BCUT2D eigenvalue weighted by atomic mass is 9.64. The van der Waals surface area contributed by atoms with Crippen LogP contribution < -0.4 is 0 Å². The van der Waals surface area contributed by atoms with Crippen molar-refractivity contribution in [2.24, 2.45) is 23.7 Å². The number of esters is 2. The highest BCUT2D eigenvalue weighted by Gasteiger charge is 2.46. The molecule has 0 unspecified atom stereocenters. The van der Waals surface area contributed by atoms with Gasteiger partial charge in [0.25, 0.3) is 0 Å². The lowest BCUT2D eigenvalue weighted by Crippen LogP contribution is -2.43. The minimum atomic E-state index is -0.242. The van der Waals surface area contributed by atoms with E-state index in [2.05, 4.69) is 0 Å². The molecule has 2 fully saturated rings. The van der Waals surface area contributed by atoms with Crippen molar-refractivity contribution < 1.29 is 23.9 Å². The van der Waals surface area contributed by atoms with Crippen molar-refractivity contribution in [3.8, 4) is 0 Å². The van der Waals surface area contributed by atoms with Crippen molar-refractivity contribution in [1.82, 2.24) is 0 Å². The number of fused-ring (bicyclic) bond motifs is 2. The average Bonchev–Trinajstić information content (AvgIpc) is 2.36. The summed E-state index contributed by atoms with van der Waals surface area (Å²) in [4.78, 5) is 35.1. The second-order valence-corrected chi connectivity index (χ2v) is 5.18. The van der Waals surface area contributed by atoms with Gasteiger partial charge in [0.15, 0.2) is 0 Å². The molecule has 0 amide bonds. The summed E-state index contributed by atoms with van der Waals surface area (Å²) < 4.78 is 9.49. The number of ketones is 1. The van der Waals surface area contributed by atoms with Crippen LogP contribution in [0.4, 0.5) is 0 Å². The Bertz CT molecular complexity index is 330. The number of Topliss-reactive ketones (excluding diaryl/α,β-unsaturated/α-hetero) is 1. The summed E-state index contributed by atoms with van der Waals surface area (Å²) in [5.41, 5.74) is 0. The van der Waals surface area contributed by atoms with Crippen LogP contribution in [0.15, 0.2) is 0 Å². The zero-order chi connectivity index (χ0) is 13.3. The molecule has 0 saturated heterocycles. The summed E-state index contributed by atoms with van der Waals surface area (Å²) in [6.45, 7) is 0. The van der Waals surface area contributed by atoms with Gasteiger partial charge in [0, 0.05) is 11.8 Å². The van der Waals surface area contributed by atoms with Gasteiger partial charge in [-0.25, -0.2) is 0 Å². The van der Waals surface area contributed by atoms with E-state index < -0.39 is 0 Å². The molecule has 2 aliphatic carbocycles. The largest absolute Gasteiger partial charge is 0.469 e. The van der Waals surface area contributed by atoms with Gasteiger partial charge in [-0.3, -0.25) is 14.4 Å². The molecule has 5 heteroatoms. The molecule has 0 aromatic carbocycles. The van der Waals surface area contributed by atoms with E-state index in [9.17, 15) is 14.4 Å². The van der Waals surface area contributed by atoms with Crippen LogP contribution >= 0.6 is 0 Å². The topological polar surface area (TPSA) is 69.7 Å². The minimum Gasteiger partial charge on any atom is -0.469 e. The molecule has 0 heterocycles. The van der Waals surface area contributed by atoms with Gasteiger partial charge in [0.05, 0.1) is 26.1 Å². The zero-order valence-corrected chi connectivity index (χ0v) is 10.7. The third-order valence-electron chi connectivity index (χ3n) is 4.15. The summed E-state index contributed by atoms with van der Waals surface area (Å²) in [5.74, 6) is -1.04. The van der Waals surface area contributed by atoms with Gasteiger partial charge in [-0.15, -0.1) is 0 Å². The molecule has 2 saturated carbocycles. The Morgan fingerprint density at radius 2 is 1.22 bits per heavy atom. The van der Waals surface area contributed by atoms with Gasteiger partial charge >= 0.3 is 11.9 Å². The van der Waals surface area contributed by atoms with Crippen LogP contribution in [-0.4, -0.2) is 31.9 Å². The van der Waals surface area contributed by atoms with Gasteiger partial charge in [-0.05, 0) is 25.7 Å².